The van der Waals surface area contributed by atoms with Gasteiger partial charge >= 0.3 is 0 Å². The molecule has 0 saturated carbocycles. The van der Waals surface area contributed by atoms with Crippen LogP contribution in [0.1, 0.15) is 34.0 Å². The Morgan fingerprint density at radius 2 is 1.37 bits per heavy atom. The van der Waals surface area contributed by atoms with E-state index in [0.717, 1.165) is 33.8 Å². The predicted octanol–water partition coefficient (Wildman–Crippen LogP) is 6.58. The lowest BCUT2D eigenvalue weighted by Crippen LogP contribution is -2.10. The van der Waals surface area contributed by atoms with Crippen LogP contribution in [0.3, 0.4) is 0 Å². The average molecular weight is 477 g/mol. The highest BCUT2D eigenvalue weighted by atomic mass is 32.1. The lowest BCUT2D eigenvalue weighted by atomic mass is 9.91. The number of H-pyrrole nitrogens is 1. The van der Waals surface area contributed by atoms with E-state index in [1.165, 1.54) is 0 Å². The highest BCUT2D eigenvalue weighted by Crippen LogP contribution is 2.30. The van der Waals surface area contributed by atoms with E-state index >= 15 is 0 Å². The number of rotatable bonds is 8. The topological polar surface area (TPSA) is 55.2 Å². The summed E-state index contributed by atoms with van der Waals surface area (Å²) >= 11 is 5.52. The van der Waals surface area contributed by atoms with Gasteiger partial charge in [-0.3, -0.25) is 5.10 Å². The molecule has 0 unspecified atom stereocenters. The van der Waals surface area contributed by atoms with E-state index in [9.17, 15) is 0 Å². The second kappa shape index (κ2) is 10.8. The lowest BCUT2D eigenvalue weighted by molar-refractivity contribution is 0.306. The number of ether oxygens (including phenoxy) is 1. The van der Waals surface area contributed by atoms with Crippen LogP contribution >= 0.6 is 12.2 Å². The molecule has 1 aromatic heterocycles. The Balaban J connectivity index is 1.39. The first-order valence-electron chi connectivity index (χ1n) is 11.4. The Bertz CT molecular complexity index is 1400. The average Bonchev–Trinajstić information content (AvgIpc) is 3.28. The molecule has 4 aromatic carbocycles. The molecule has 0 radical (unpaired) electrons. The highest BCUT2D eigenvalue weighted by Gasteiger charge is 2.22. The van der Waals surface area contributed by atoms with Crippen molar-refractivity contribution in [2.45, 2.75) is 12.5 Å². The number of nitrogens with one attached hydrogen (secondary N) is 1. The van der Waals surface area contributed by atoms with Gasteiger partial charge in [-0.2, -0.15) is 14.9 Å². The highest BCUT2D eigenvalue weighted by molar-refractivity contribution is 7.71. The van der Waals surface area contributed by atoms with Crippen LogP contribution in [0.4, 0.5) is 0 Å². The molecule has 1 heterocycles. The van der Waals surface area contributed by atoms with Crippen molar-refractivity contribution in [3.8, 4) is 5.75 Å². The summed E-state index contributed by atoms with van der Waals surface area (Å²) in [4.78, 5) is 0. The minimum atomic E-state index is -0.115. The number of hydrogen-bond acceptors (Lipinski definition) is 4. The molecular formula is C29H24N4OS. The van der Waals surface area contributed by atoms with Crippen LogP contribution in [0.5, 0.6) is 5.75 Å². The largest absolute Gasteiger partial charge is 0.489 e. The molecule has 0 amide bonds. The number of hydrogen-bond donors (Lipinski definition) is 1. The number of aromatic amines is 1. The van der Waals surface area contributed by atoms with E-state index in [1.807, 2.05) is 91.0 Å². The van der Waals surface area contributed by atoms with E-state index < -0.39 is 0 Å². The van der Waals surface area contributed by atoms with E-state index in [4.69, 9.17) is 17.0 Å². The Kier molecular flexibility index (Phi) is 6.92. The third-order valence-electron chi connectivity index (χ3n) is 5.65. The smallest absolute Gasteiger partial charge is 0.216 e. The van der Waals surface area contributed by atoms with Gasteiger partial charge in [0.2, 0.25) is 4.77 Å². The fourth-order valence-electron chi connectivity index (χ4n) is 3.90. The Labute approximate surface area is 209 Å². The molecular weight excluding hydrogens is 452 g/mol. The van der Waals surface area contributed by atoms with E-state index in [-0.39, 0.29) is 5.92 Å². The minimum absolute atomic E-state index is 0.115. The molecule has 0 fully saturated rings. The Morgan fingerprint density at radius 1 is 0.800 bits per heavy atom. The van der Waals surface area contributed by atoms with Gasteiger partial charge in [-0.15, -0.1) is 0 Å². The van der Waals surface area contributed by atoms with E-state index in [1.54, 1.807) is 10.9 Å². The standard InChI is InChI=1S/C29H24N4OS/c35-29-32-31-28(27(24-12-6-2-7-13-24)25-14-8-3-9-15-25)33(29)30-20-22-16-18-26(19-17-22)34-21-23-10-4-1-5-11-23/h1-20,27H,21H2,(H,32,35)/b30-20+. The summed E-state index contributed by atoms with van der Waals surface area (Å²) in [6, 6.07) is 38.4. The molecule has 5 aromatic rings. The predicted molar refractivity (Wildman–Crippen MR) is 141 cm³/mol. The van der Waals surface area contributed by atoms with Crippen molar-refractivity contribution in [3.63, 3.8) is 0 Å². The van der Waals surface area contributed by atoms with Crippen molar-refractivity contribution in [2.24, 2.45) is 5.10 Å². The van der Waals surface area contributed by atoms with Gasteiger partial charge < -0.3 is 4.74 Å². The first-order valence-corrected chi connectivity index (χ1v) is 11.8. The minimum Gasteiger partial charge on any atom is -0.489 e. The fourth-order valence-corrected chi connectivity index (χ4v) is 4.09. The third-order valence-corrected chi connectivity index (χ3v) is 5.91. The summed E-state index contributed by atoms with van der Waals surface area (Å²) in [5.41, 5.74) is 4.29. The van der Waals surface area contributed by atoms with Crippen molar-refractivity contribution in [1.82, 2.24) is 14.9 Å². The second-order valence-corrected chi connectivity index (χ2v) is 8.43. The van der Waals surface area contributed by atoms with Crippen LogP contribution < -0.4 is 4.74 Å². The molecule has 1 N–H and O–H groups in total. The normalized spacial score (nSPS) is 11.2. The van der Waals surface area contributed by atoms with Gasteiger partial charge in [-0.1, -0.05) is 91.0 Å². The van der Waals surface area contributed by atoms with Crippen LogP contribution in [0.2, 0.25) is 0 Å². The molecule has 0 aliphatic rings. The van der Waals surface area contributed by atoms with Crippen molar-refractivity contribution in [1.29, 1.82) is 0 Å². The van der Waals surface area contributed by atoms with Crippen LogP contribution in [0.25, 0.3) is 0 Å². The zero-order valence-electron chi connectivity index (χ0n) is 19.0. The maximum Gasteiger partial charge on any atom is 0.216 e. The first kappa shape index (κ1) is 22.5. The van der Waals surface area contributed by atoms with Gasteiger partial charge in [0.05, 0.1) is 12.1 Å². The summed E-state index contributed by atoms with van der Waals surface area (Å²) in [5, 5.41) is 12.2. The van der Waals surface area contributed by atoms with Crippen molar-refractivity contribution < 1.29 is 4.74 Å². The first-order chi connectivity index (χ1) is 17.3. The molecule has 35 heavy (non-hydrogen) atoms. The van der Waals surface area contributed by atoms with Crippen LogP contribution in [0.15, 0.2) is 120 Å². The summed E-state index contributed by atoms with van der Waals surface area (Å²) in [5.74, 6) is 1.42. The maximum atomic E-state index is 5.88. The van der Waals surface area contributed by atoms with Gasteiger partial charge in [0.15, 0.2) is 5.82 Å². The molecule has 5 nitrogen and oxygen atoms in total. The molecule has 0 aliphatic heterocycles. The summed E-state index contributed by atoms with van der Waals surface area (Å²) in [7, 11) is 0. The van der Waals surface area contributed by atoms with Crippen LogP contribution in [-0.4, -0.2) is 21.1 Å². The zero-order valence-corrected chi connectivity index (χ0v) is 19.8. The van der Waals surface area contributed by atoms with Gasteiger partial charge in [-0.25, -0.2) is 0 Å². The Hall–Kier alpha value is -4.29. The Morgan fingerprint density at radius 3 is 1.97 bits per heavy atom. The summed E-state index contributed by atoms with van der Waals surface area (Å²) in [6.45, 7) is 0.530. The van der Waals surface area contributed by atoms with Crippen LogP contribution in [0, 0.1) is 4.77 Å². The maximum absolute atomic E-state index is 5.88. The van der Waals surface area contributed by atoms with Crippen LogP contribution in [-0.2, 0) is 6.61 Å². The fraction of sp³-hybridized carbons (Fsp3) is 0.0690. The van der Waals surface area contributed by atoms with Gasteiger partial charge in [0, 0.05) is 0 Å². The molecule has 0 bridgehead atoms. The second-order valence-electron chi connectivity index (χ2n) is 8.04. The monoisotopic (exact) mass is 476 g/mol. The van der Waals surface area contributed by atoms with Crippen molar-refractivity contribution in [3.05, 3.63) is 148 Å². The van der Waals surface area contributed by atoms with E-state index in [0.29, 0.717) is 11.4 Å². The molecule has 6 heteroatoms. The van der Waals surface area contributed by atoms with E-state index in [2.05, 4.69) is 39.6 Å². The lowest BCUT2D eigenvalue weighted by Gasteiger charge is -2.17. The van der Waals surface area contributed by atoms with Crippen molar-refractivity contribution >= 4 is 18.4 Å². The van der Waals surface area contributed by atoms with Gasteiger partial charge in [0.25, 0.3) is 0 Å². The number of aromatic nitrogens is 3. The number of benzene rings is 4. The molecule has 0 atom stereocenters. The SMILES string of the molecule is S=c1[nH]nc(C(c2ccccc2)c2ccccc2)n1/N=C/c1ccc(OCc2ccccc2)cc1. The molecule has 0 aliphatic carbocycles. The molecule has 5 rings (SSSR count). The molecule has 172 valence electrons. The van der Waals surface area contributed by atoms with Crippen molar-refractivity contribution in [2.75, 3.05) is 0 Å². The number of nitrogens with zero attached hydrogens (tertiary/aromatic N) is 3. The zero-order chi connectivity index (χ0) is 23.9. The summed E-state index contributed by atoms with van der Waals surface area (Å²) in [6.07, 6.45) is 1.78. The molecule has 0 spiro atoms. The molecule has 0 saturated heterocycles. The quantitative estimate of drug-likeness (QED) is 0.203. The third kappa shape index (κ3) is 5.45. The van der Waals surface area contributed by atoms with Gasteiger partial charge in [0.1, 0.15) is 12.4 Å². The summed E-state index contributed by atoms with van der Waals surface area (Å²) < 4.78 is 8.02. The van der Waals surface area contributed by atoms with Gasteiger partial charge in [-0.05, 0) is 58.7 Å².